The van der Waals surface area contributed by atoms with Crippen LogP contribution in [0, 0.1) is 18.6 Å². The number of aromatic nitrogens is 3. The molecule has 0 fully saturated rings. The van der Waals surface area contributed by atoms with Gasteiger partial charge in [-0.25, -0.2) is 13.5 Å². The first kappa shape index (κ1) is 9.57. The van der Waals surface area contributed by atoms with Crippen LogP contribution >= 0.6 is 0 Å². The van der Waals surface area contributed by atoms with Gasteiger partial charge < -0.3 is 5.73 Å². The number of nitrogens with two attached hydrogens (primary N) is 1. The predicted octanol–water partition coefficient (Wildman–Crippen LogP) is 1.44. The summed E-state index contributed by atoms with van der Waals surface area (Å²) in [5.74, 6) is -1.10. The Morgan fingerprint density at radius 2 is 1.80 bits per heavy atom. The van der Waals surface area contributed by atoms with Crippen molar-refractivity contribution in [1.82, 2.24) is 15.0 Å². The molecule has 2 rings (SSSR count). The van der Waals surface area contributed by atoms with Crippen LogP contribution in [0.15, 0.2) is 18.2 Å². The van der Waals surface area contributed by atoms with E-state index in [4.69, 9.17) is 5.73 Å². The molecule has 15 heavy (non-hydrogen) atoms. The summed E-state index contributed by atoms with van der Waals surface area (Å²) < 4.78 is 27.1. The number of rotatable bonds is 1. The molecule has 0 unspecified atom stereocenters. The lowest BCUT2D eigenvalue weighted by molar-refractivity contribution is 0.579. The zero-order chi connectivity index (χ0) is 11.0. The van der Waals surface area contributed by atoms with Crippen LogP contribution in [-0.4, -0.2) is 15.0 Å². The molecule has 1 aromatic carbocycles. The van der Waals surface area contributed by atoms with Crippen molar-refractivity contribution in [2.45, 2.75) is 6.92 Å². The molecule has 78 valence electrons. The summed E-state index contributed by atoms with van der Waals surface area (Å²) in [6, 6.07) is 3.10. The van der Waals surface area contributed by atoms with Crippen LogP contribution in [-0.2, 0) is 0 Å². The molecule has 1 aromatic heterocycles. The average molecular weight is 210 g/mol. The molecule has 6 heteroatoms. The second-order valence-corrected chi connectivity index (χ2v) is 3.10. The van der Waals surface area contributed by atoms with E-state index >= 15 is 0 Å². The van der Waals surface area contributed by atoms with Gasteiger partial charge in [-0.1, -0.05) is 5.21 Å². The quantitative estimate of drug-likeness (QED) is 0.774. The lowest BCUT2D eigenvalue weighted by atomic mass is 10.3. The maximum absolute atomic E-state index is 12.9. The van der Waals surface area contributed by atoms with Crippen molar-refractivity contribution in [3.8, 4) is 5.69 Å². The normalized spacial score (nSPS) is 10.6. The van der Waals surface area contributed by atoms with E-state index in [1.165, 1.54) is 4.68 Å². The van der Waals surface area contributed by atoms with E-state index in [2.05, 4.69) is 10.3 Å². The van der Waals surface area contributed by atoms with Crippen LogP contribution in [0.3, 0.4) is 0 Å². The summed E-state index contributed by atoms with van der Waals surface area (Å²) >= 11 is 0. The van der Waals surface area contributed by atoms with Gasteiger partial charge in [-0.3, -0.25) is 0 Å². The Balaban J connectivity index is 2.58. The van der Waals surface area contributed by atoms with Crippen LogP contribution in [0.4, 0.5) is 14.6 Å². The zero-order valence-corrected chi connectivity index (χ0v) is 7.91. The van der Waals surface area contributed by atoms with Gasteiger partial charge in [0, 0.05) is 6.07 Å². The highest BCUT2D eigenvalue weighted by Gasteiger charge is 2.09. The molecular weight excluding hydrogens is 202 g/mol. The molecule has 1 heterocycles. The topological polar surface area (TPSA) is 56.7 Å². The first-order chi connectivity index (χ1) is 7.08. The fourth-order valence-electron chi connectivity index (χ4n) is 1.25. The number of halogens is 2. The van der Waals surface area contributed by atoms with E-state index < -0.39 is 11.6 Å². The fourth-order valence-corrected chi connectivity index (χ4v) is 1.25. The van der Waals surface area contributed by atoms with Gasteiger partial charge in [-0.2, -0.15) is 0 Å². The molecule has 0 aliphatic heterocycles. The van der Waals surface area contributed by atoms with Crippen molar-refractivity contribution in [2.75, 3.05) is 5.73 Å². The van der Waals surface area contributed by atoms with Gasteiger partial charge in [0.15, 0.2) is 5.82 Å². The van der Waals surface area contributed by atoms with Crippen molar-refractivity contribution < 1.29 is 8.78 Å². The Bertz CT molecular complexity index is 487. The third-order valence-electron chi connectivity index (χ3n) is 2.02. The number of hydrogen-bond donors (Lipinski definition) is 1. The molecule has 0 saturated heterocycles. The van der Waals surface area contributed by atoms with Crippen LogP contribution in [0.2, 0.25) is 0 Å². The minimum atomic E-state index is -0.668. The SMILES string of the molecule is Cc1c(N)nnn1-c1cc(F)cc(F)c1. The molecule has 0 atom stereocenters. The van der Waals surface area contributed by atoms with Gasteiger partial charge >= 0.3 is 0 Å². The molecular formula is C9H8F2N4. The summed E-state index contributed by atoms with van der Waals surface area (Å²) in [4.78, 5) is 0. The van der Waals surface area contributed by atoms with Crippen LogP contribution in [0.1, 0.15) is 5.69 Å². The summed E-state index contributed by atoms with van der Waals surface area (Å²) in [5.41, 5.74) is 6.27. The van der Waals surface area contributed by atoms with E-state index in [1.807, 2.05) is 0 Å². The Labute approximate surface area is 84.3 Å². The first-order valence-corrected chi connectivity index (χ1v) is 4.22. The standard InChI is InChI=1S/C9H8F2N4/c1-5-9(12)13-14-15(5)8-3-6(10)2-7(11)4-8/h2-4H,12H2,1H3. The van der Waals surface area contributed by atoms with Crippen LogP contribution in [0.5, 0.6) is 0 Å². The second-order valence-electron chi connectivity index (χ2n) is 3.10. The van der Waals surface area contributed by atoms with Gasteiger partial charge in [0.1, 0.15) is 11.6 Å². The zero-order valence-electron chi connectivity index (χ0n) is 7.91. The van der Waals surface area contributed by atoms with Gasteiger partial charge in [0.05, 0.1) is 11.4 Å². The monoisotopic (exact) mass is 210 g/mol. The lowest BCUT2D eigenvalue weighted by Gasteiger charge is -2.03. The number of hydrogen-bond acceptors (Lipinski definition) is 3. The summed E-state index contributed by atoms with van der Waals surface area (Å²) in [5, 5.41) is 7.27. The Morgan fingerprint density at radius 3 is 2.27 bits per heavy atom. The van der Waals surface area contributed by atoms with Crippen molar-refractivity contribution in [3.05, 3.63) is 35.5 Å². The maximum atomic E-state index is 12.9. The molecule has 4 nitrogen and oxygen atoms in total. The van der Waals surface area contributed by atoms with Gasteiger partial charge in [-0.05, 0) is 19.1 Å². The highest BCUT2D eigenvalue weighted by atomic mass is 19.1. The maximum Gasteiger partial charge on any atom is 0.169 e. The largest absolute Gasteiger partial charge is 0.381 e. The van der Waals surface area contributed by atoms with E-state index in [-0.39, 0.29) is 11.5 Å². The fraction of sp³-hybridized carbons (Fsp3) is 0.111. The van der Waals surface area contributed by atoms with E-state index in [0.29, 0.717) is 5.69 Å². The van der Waals surface area contributed by atoms with Crippen LogP contribution < -0.4 is 5.73 Å². The predicted molar refractivity (Wildman–Crippen MR) is 50.4 cm³/mol. The Kier molecular flexibility index (Phi) is 2.11. The molecule has 0 saturated carbocycles. The molecule has 0 aliphatic carbocycles. The van der Waals surface area contributed by atoms with Crippen molar-refractivity contribution in [2.24, 2.45) is 0 Å². The second kappa shape index (κ2) is 3.30. The lowest BCUT2D eigenvalue weighted by Crippen LogP contribution is -2.01. The van der Waals surface area contributed by atoms with Crippen molar-refractivity contribution >= 4 is 5.82 Å². The summed E-state index contributed by atoms with van der Waals surface area (Å²) in [6.45, 7) is 1.66. The highest BCUT2D eigenvalue weighted by molar-refractivity contribution is 5.40. The minimum Gasteiger partial charge on any atom is -0.381 e. The third kappa shape index (κ3) is 1.65. The van der Waals surface area contributed by atoms with Crippen LogP contribution in [0.25, 0.3) is 5.69 Å². The first-order valence-electron chi connectivity index (χ1n) is 4.22. The number of nitrogens with zero attached hydrogens (tertiary/aromatic N) is 3. The minimum absolute atomic E-state index is 0.236. The molecule has 0 bridgehead atoms. The van der Waals surface area contributed by atoms with E-state index in [1.54, 1.807) is 6.92 Å². The van der Waals surface area contributed by atoms with Crippen molar-refractivity contribution in [3.63, 3.8) is 0 Å². The number of anilines is 1. The van der Waals surface area contributed by atoms with E-state index in [0.717, 1.165) is 18.2 Å². The van der Waals surface area contributed by atoms with Crippen molar-refractivity contribution in [1.29, 1.82) is 0 Å². The summed E-state index contributed by atoms with van der Waals surface area (Å²) in [7, 11) is 0. The Hall–Kier alpha value is -1.98. The molecule has 2 aromatic rings. The van der Waals surface area contributed by atoms with E-state index in [9.17, 15) is 8.78 Å². The molecule has 0 amide bonds. The summed E-state index contributed by atoms with van der Waals surface area (Å²) in [6.07, 6.45) is 0. The average Bonchev–Trinajstić information content (AvgIpc) is 2.46. The molecule has 0 radical (unpaired) electrons. The highest BCUT2D eigenvalue weighted by Crippen LogP contribution is 2.15. The number of benzene rings is 1. The third-order valence-corrected chi connectivity index (χ3v) is 2.02. The molecule has 2 N–H and O–H groups in total. The number of nitrogen functional groups attached to an aromatic ring is 1. The van der Waals surface area contributed by atoms with Gasteiger partial charge in [-0.15, -0.1) is 5.10 Å². The van der Waals surface area contributed by atoms with Gasteiger partial charge in [0.25, 0.3) is 0 Å². The molecule has 0 aliphatic rings. The Morgan fingerprint density at radius 1 is 1.20 bits per heavy atom. The molecule has 0 spiro atoms. The smallest absolute Gasteiger partial charge is 0.169 e. The van der Waals surface area contributed by atoms with Gasteiger partial charge in [0.2, 0.25) is 0 Å².